The number of nitrogens with two attached hydrogens (primary N) is 1. The fourth-order valence-electron chi connectivity index (χ4n) is 1.91. The van der Waals surface area contributed by atoms with E-state index >= 15 is 0 Å². The molecule has 0 fully saturated rings. The van der Waals surface area contributed by atoms with Crippen molar-refractivity contribution in [3.05, 3.63) is 75.3 Å². The number of nitro groups is 1. The second-order valence-corrected chi connectivity index (χ2v) is 4.37. The summed E-state index contributed by atoms with van der Waals surface area (Å²) in [7, 11) is 0. The lowest BCUT2D eigenvalue weighted by Gasteiger charge is -2.08. The van der Waals surface area contributed by atoms with Crippen molar-refractivity contribution in [2.75, 3.05) is 0 Å². The summed E-state index contributed by atoms with van der Waals surface area (Å²) in [5, 5.41) is 10.9. The molecule has 112 valence electrons. The van der Waals surface area contributed by atoms with Crippen molar-refractivity contribution in [2.45, 2.75) is 6.61 Å². The van der Waals surface area contributed by atoms with Crippen LogP contribution in [0.1, 0.15) is 26.3 Å². The second-order valence-electron chi connectivity index (χ2n) is 4.37. The van der Waals surface area contributed by atoms with Gasteiger partial charge in [-0.3, -0.25) is 14.9 Å². The average molecular weight is 300 g/mol. The molecule has 0 bridgehead atoms. The highest BCUT2D eigenvalue weighted by Crippen LogP contribution is 2.19. The maximum atomic E-state index is 12.0. The number of para-hydroxylation sites is 1. The Morgan fingerprint density at radius 1 is 1.05 bits per heavy atom. The third-order valence-corrected chi connectivity index (χ3v) is 2.96. The van der Waals surface area contributed by atoms with Gasteiger partial charge < -0.3 is 10.5 Å². The van der Waals surface area contributed by atoms with Crippen molar-refractivity contribution in [2.24, 2.45) is 5.73 Å². The number of amides is 1. The minimum absolute atomic E-state index is 0.149. The highest BCUT2D eigenvalue weighted by atomic mass is 16.6. The molecule has 0 spiro atoms. The zero-order chi connectivity index (χ0) is 16.1. The quantitative estimate of drug-likeness (QED) is 0.516. The molecule has 2 aromatic rings. The molecule has 22 heavy (non-hydrogen) atoms. The standard InChI is InChI=1S/C15H12N2O5/c16-14(18)11-6-2-1-5-10(11)9-22-15(19)12-7-3-4-8-13(12)17(20)21/h1-8H,9H2,(H2,16,18). The highest BCUT2D eigenvalue weighted by molar-refractivity contribution is 5.95. The van der Waals surface area contributed by atoms with Gasteiger partial charge in [-0.25, -0.2) is 4.79 Å². The van der Waals surface area contributed by atoms with Crippen LogP contribution in [0.4, 0.5) is 5.69 Å². The van der Waals surface area contributed by atoms with E-state index in [0.29, 0.717) is 5.56 Å². The van der Waals surface area contributed by atoms with Crippen LogP contribution in [-0.2, 0) is 11.3 Å². The minimum Gasteiger partial charge on any atom is -0.457 e. The van der Waals surface area contributed by atoms with E-state index in [1.807, 2.05) is 0 Å². The van der Waals surface area contributed by atoms with Crippen molar-refractivity contribution in [3.63, 3.8) is 0 Å². The molecule has 2 aromatic carbocycles. The fraction of sp³-hybridized carbons (Fsp3) is 0.0667. The van der Waals surface area contributed by atoms with Gasteiger partial charge in [0.1, 0.15) is 12.2 Å². The second kappa shape index (κ2) is 6.49. The first-order chi connectivity index (χ1) is 10.5. The van der Waals surface area contributed by atoms with Gasteiger partial charge in [-0.05, 0) is 12.1 Å². The van der Waals surface area contributed by atoms with E-state index in [4.69, 9.17) is 10.5 Å². The Bertz CT molecular complexity index is 742. The molecule has 7 heteroatoms. The number of nitro benzene ring substituents is 1. The van der Waals surface area contributed by atoms with Crippen LogP contribution in [-0.4, -0.2) is 16.8 Å². The highest BCUT2D eigenvalue weighted by Gasteiger charge is 2.21. The molecule has 0 radical (unpaired) electrons. The minimum atomic E-state index is -0.841. The summed E-state index contributed by atoms with van der Waals surface area (Å²) in [6, 6.07) is 11.9. The Kier molecular flexibility index (Phi) is 4.47. The predicted octanol–water partition coefficient (Wildman–Crippen LogP) is 2.05. The van der Waals surface area contributed by atoms with Crippen molar-refractivity contribution in [3.8, 4) is 0 Å². The number of hydrogen-bond acceptors (Lipinski definition) is 5. The van der Waals surface area contributed by atoms with E-state index in [1.54, 1.807) is 18.2 Å². The number of nitrogens with zero attached hydrogens (tertiary/aromatic N) is 1. The molecule has 2 N–H and O–H groups in total. The number of hydrogen-bond donors (Lipinski definition) is 1. The lowest BCUT2D eigenvalue weighted by atomic mass is 10.1. The SMILES string of the molecule is NC(=O)c1ccccc1COC(=O)c1ccccc1[N+](=O)[O-]. The number of ether oxygens (including phenoxy) is 1. The van der Waals surface area contributed by atoms with Crippen LogP contribution in [0, 0.1) is 10.1 Å². The molecule has 0 aliphatic heterocycles. The van der Waals surface area contributed by atoms with E-state index in [0.717, 1.165) is 0 Å². The summed E-state index contributed by atoms with van der Waals surface area (Å²) < 4.78 is 5.04. The maximum absolute atomic E-state index is 12.0. The molecule has 0 saturated heterocycles. The molecule has 2 rings (SSSR count). The monoisotopic (exact) mass is 300 g/mol. The summed E-state index contributed by atoms with van der Waals surface area (Å²) in [5.74, 6) is -1.48. The van der Waals surface area contributed by atoms with Gasteiger partial charge in [0.25, 0.3) is 5.69 Å². The van der Waals surface area contributed by atoms with Crippen LogP contribution in [0.15, 0.2) is 48.5 Å². The molecule has 0 heterocycles. The molecule has 7 nitrogen and oxygen atoms in total. The number of carbonyl (C=O) groups is 2. The first-order valence-corrected chi connectivity index (χ1v) is 6.29. The van der Waals surface area contributed by atoms with Gasteiger partial charge in [-0.2, -0.15) is 0 Å². The molecule has 0 saturated carbocycles. The Balaban J connectivity index is 2.18. The average Bonchev–Trinajstić information content (AvgIpc) is 2.52. The Labute approximate surface area is 125 Å². The smallest absolute Gasteiger partial charge is 0.345 e. The predicted molar refractivity (Wildman–Crippen MR) is 77.2 cm³/mol. The first-order valence-electron chi connectivity index (χ1n) is 6.29. The van der Waals surface area contributed by atoms with Crippen LogP contribution in [0.25, 0.3) is 0 Å². The third-order valence-electron chi connectivity index (χ3n) is 2.96. The maximum Gasteiger partial charge on any atom is 0.345 e. The molecular weight excluding hydrogens is 288 g/mol. The number of rotatable bonds is 5. The van der Waals surface area contributed by atoms with Crippen molar-refractivity contribution < 1.29 is 19.2 Å². The largest absolute Gasteiger partial charge is 0.457 e. The van der Waals surface area contributed by atoms with E-state index < -0.39 is 16.8 Å². The van der Waals surface area contributed by atoms with Crippen molar-refractivity contribution in [1.29, 1.82) is 0 Å². The Hall–Kier alpha value is -3.22. The zero-order valence-electron chi connectivity index (χ0n) is 11.4. The summed E-state index contributed by atoms with van der Waals surface area (Å²) in [4.78, 5) is 33.5. The number of benzene rings is 2. The van der Waals surface area contributed by atoms with E-state index in [9.17, 15) is 19.7 Å². The van der Waals surface area contributed by atoms with Crippen LogP contribution in [0.3, 0.4) is 0 Å². The number of primary amides is 1. The normalized spacial score (nSPS) is 10.0. The van der Waals surface area contributed by atoms with E-state index in [2.05, 4.69) is 0 Å². The molecule has 0 aliphatic rings. The number of carbonyl (C=O) groups excluding carboxylic acids is 2. The molecule has 0 atom stereocenters. The summed E-state index contributed by atoms with van der Waals surface area (Å²) >= 11 is 0. The Morgan fingerprint density at radius 2 is 1.64 bits per heavy atom. The van der Waals surface area contributed by atoms with Gasteiger partial charge in [0, 0.05) is 17.2 Å². The molecule has 0 aromatic heterocycles. The summed E-state index contributed by atoms with van der Waals surface area (Å²) in [6.45, 7) is -0.204. The number of esters is 1. The molecule has 0 aliphatic carbocycles. The molecule has 0 unspecified atom stereocenters. The van der Waals surface area contributed by atoms with Crippen LogP contribution >= 0.6 is 0 Å². The van der Waals surface area contributed by atoms with Crippen LogP contribution in [0.2, 0.25) is 0 Å². The van der Waals surface area contributed by atoms with Gasteiger partial charge in [0.05, 0.1) is 4.92 Å². The Morgan fingerprint density at radius 3 is 2.27 bits per heavy atom. The zero-order valence-corrected chi connectivity index (χ0v) is 11.4. The fourth-order valence-corrected chi connectivity index (χ4v) is 1.91. The third kappa shape index (κ3) is 3.26. The first kappa shape index (κ1) is 15.2. The topological polar surface area (TPSA) is 113 Å². The van der Waals surface area contributed by atoms with Gasteiger partial charge in [-0.1, -0.05) is 30.3 Å². The van der Waals surface area contributed by atoms with Crippen molar-refractivity contribution >= 4 is 17.6 Å². The van der Waals surface area contributed by atoms with Crippen LogP contribution in [0.5, 0.6) is 0 Å². The lowest BCUT2D eigenvalue weighted by Crippen LogP contribution is -2.15. The van der Waals surface area contributed by atoms with Gasteiger partial charge in [0.15, 0.2) is 0 Å². The molecule has 1 amide bonds. The van der Waals surface area contributed by atoms with Gasteiger partial charge in [0.2, 0.25) is 5.91 Å². The van der Waals surface area contributed by atoms with E-state index in [-0.39, 0.29) is 23.4 Å². The van der Waals surface area contributed by atoms with E-state index in [1.165, 1.54) is 30.3 Å². The van der Waals surface area contributed by atoms with Gasteiger partial charge >= 0.3 is 5.97 Å². The van der Waals surface area contributed by atoms with Crippen molar-refractivity contribution in [1.82, 2.24) is 0 Å². The lowest BCUT2D eigenvalue weighted by molar-refractivity contribution is -0.385. The summed E-state index contributed by atoms with van der Waals surface area (Å²) in [6.07, 6.45) is 0. The van der Waals surface area contributed by atoms with Gasteiger partial charge in [-0.15, -0.1) is 0 Å². The molecular formula is C15H12N2O5. The van der Waals surface area contributed by atoms with Crippen LogP contribution < -0.4 is 5.73 Å². The summed E-state index contributed by atoms with van der Waals surface area (Å²) in [5.41, 5.74) is 5.41.